The molecule has 0 aliphatic rings. The average molecular weight is 359 g/mol. The van der Waals surface area contributed by atoms with Crippen molar-refractivity contribution in [1.82, 2.24) is 9.55 Å². The van der Waals surface area contributed by atoms with Gasteiger partial charge in [0.2, 0.25) is 0 Å². The van der Waals surface area contributed by atoms with Crippen LogP contribution in [0.1, 0.15) is 27.2 Å². The molecule has 0 atom stereocenters. The molecule has 3 aromatic rings. The third-order valence-electron chi connectivity index (χ3n) is 3.98. The molecule has 2 aromatic carbocycles. The number of anilines is 1. The van der Waals surface area contributed by atoms with Crippen LogP contribution in [0, 0.1) is 13.8 Å². The molecule has 0 aliphatic carbocycles. The molecule has 0 spiro atoms. The molecule has 0 radical (unpaired) electrons. The molecule has 0 aliphatic heterocycles. The molecule has 0 bridgehead atoms. The van der Waals surface area contributed by atoms with Gasteiger partial charge in [0.15, 0.2) is 0 Å². The van der Waals surface area contributed by atoms with Crippen molar-refractivity contribution in [3.63, 3.8) is 0 Å². The molecule has 134 valence electrons. The molecule has 1 aromatic heterocycles. The fourth-order valence-corrected chi connectivity index (χ4v) is 2.60. The molecule has 0 saturated carbocycles. The van der Waals surface area contributed by atoms with E-state index in [0.29, 0.717) is 22.5 Å². The van der Waals surface area contributed by atoms with Crippen LogP contribution in [0.15, 0.2) is 55.0 Å². The highest BCUT2D eigenvalue weighted by atomic mass is 19.4. The van der Waals surface area contributed by atoms with Crippen LogP contribution in [0.5, 0.6) is 0 Å². The number of nitrogens with zero attached hydrogens (tertiary/aromatic N) is 2. The summed E-state index contributed by atoms with van der Waals surface area (Å²) in [4.78, 5) is 16.4. The minimum atomic E-state index is -4.54. The number of halogens is 3. The molecule has 0 saturated heterocycles. The minimum Gasteiger partial charge on any atom is -0.322 e. The maximum absolute atomic E-state index is 13.3. The molecule has 3 rings (SSSR count). The third-order valence-corrected chi connectivity index (χ3v) is 3.98. The standard InChI is InChI=1S/C19H16F3N3O/c1-12-10-25(11-23-12)17-9-15(19(20,21)22)8-16(13(17)2)24-18(26)14-6-4-3-5-7-14/h3-11H,1-2H3,(H,24,26). The summed E-state index contributed by atoms with van der Waals surface area (Å²) >= 11 is 0. The molecule has 0 fully saturated rings. The van der Waals surface area contributed by atoms with Gasteiger partial charge in [-0.2, -0.15) is 13.2 Å². The summed E-state index contributed by atoms with van der Waals surface area (Å²) in [5.74, 6) is -0.471. The fraction of sp³-hybridized carbons (Fsp3) is 0.158. The second kappa shape index (κ2) is 6.67. The van der Waals surface area contributed by atoms with Crippen LogP contribution in [0.3, 0.4) is 0 Å². The molecular formula is C19H16F3N3O. The Morgan fingerprint density at radius 2 is 1.81 bits per heavy atom. The summed E-state index contributed by atoms with van der Waals surface area (Å²) < 4.78 is 41.5. The predicted molar refractivity (Wildman–Crippen MR) is 92.4 cm³/mol. The van der Waals surface area contributed by atoms with Crippen molar-refractivity contribution in [2.24, 2.45) is 0 Å². The number of aryl methyl sites for hydroxylation is 1. The maximum Gasteiger partial charge on any atom is 0.416 e. The number of nitrogens with one attached hydrogen (secondary N) is 1. The Labute approximate surface area is 148 Å². The van der Waals surface area contributed by atoms with Gasteiger partial charge in [0.1, 0.15) is 0 Å². The second-order valence-electron chi connectivity index (χ2n) is 5.91. The quantitative estimate of drug-likeness (QED) is 0.733. The number of rotatable bonds is 3. The molecule has 26 heavy (non-hydrogen) atoms. The van der Waals surface area contributed by atoms with Crippen molar-refractivity contribution in [3.8, 4) is 5.69 Å². The zero-order valence-corrected chi connectivity index (χ0v) is 14.1. The van der Waals surface area contributed by atoms with Gasteiger partial charge in [-0.25, -0.2) is 4.98 Å². The summed E-state index contributed by atoms with van der Waals surface area (Å²) in [6.45, 7) is 3.41. The van der Waals surface area contributed by atoms with Crippen molar-refractivity contribution in [3.05, 3.63) is 77.4 Å². The molecule has 0 unspecified atom stereocenters. The monoisotopic (exact) mass is 359 g/mol. The maximum atomic E-state index is 13.3. The number of carbonyl (C=O) groups excluding carboxylic acids is 1. The van der Waals surface area contributed by atoms with Crippen LogP contribution in [0.4, 0.5) is 18.9 Å². The third kappa shape index (κ3) is 3.61. The van der Waals surface area contributed by atoms with Gasteiger partial charge >= 0.3 is 6.18 Å². The number of carbonyl (C=O) groups is 1. The van der Waals surface area contributed by atoms with Crippen molar-refractivity contribution in [2.45, 2.75) is 20.0 Å². The smallest absolute Gasteiger partial charge is 0.322 e. The van der Waals surface area contributed by atoms with Gasteiger partial charge in [0, 0.05) is 17.4 Å². The SMILES string of the molecule is Cc1cn(-c2cc(C(F)(F)F)cc(NC(=O)c3ccccc3)c2C)cn1. The van der Waals surface area contributed by atoms with E-state index in [9.17, 15) is 18.0 Å². The largest absolute Gasteiger partial charge is 0.416 e. The van der Waals surface area contributed by atoms with Crippen molar-refractivity contribution < 1.29 is 18.0 Å². The van der Waals surface area contributed by atoms with Gasteiger partial charge in [-0.05, 0) is 43.7 Å². The fourth-order valence-electron chi connectivity index (χ4n) is 2.60. The first-order chi connectivity index (χ1) is 12.3. The highest BCUT2D eigenvalue weighted by Gasteiger charge is 2.32. The summed E-state index contributed by atoms with van der Waals surface area (Å²) in [6, 6.07) is 10.3. The first-order valence-electron chi connectivity index (χ1n) is 7.85. The molecular weight excluding hydrogens is 343 g/mol. The van der Waals surface area contributed by atoms with Crippen LogP contribution in [0.2, 0.25) is 0 Å². The Morgan fingerprint density at radius 3 is 2.38 bits per heavy atom. The Morgan fingerprint density at radius 1 is 1.12 bits per heavy atom. The first kappa shape index (κ1) is 17.7. The van der Waals surface area contributed by atoms with Crippen LogP contribution < -0.4 is 5.32 Å². The lowest BCUT2D eigenvalue weighted by Crippen LogP contribution is -2.15. The number of aromatic nitrogens is 2. The summed E-state index contributed by atoms with van der Waals surface area (Å²) in [6.07, 6.45) is -1.46. The molecule has 1 N–H and O–H groups in total. The highest BCUT2D eigenvalue weighted by Crippen LogP contribution is 2.35. The van der Waals surface area contributed by atoms with Crippen LogP contribution in [-0.2, 0) is 6.18 Å². The lowest BCUT2D eigenvalue weighted by molar-refractivity contribution is -0.137. The lowest BCUT2D eigenvalue weighted by atomic mass is 10.1. The Bertz CT molecular complexity index is 946. The minimum absolute atomic E-state index is 0.107. The van der Waals surface area contributed by atoms with E-state index in [0.717, 1.165) is 12.1 Å². The van der Waals surface area contributed by atoms with Gasteiger partial charge in [0.05, 0.1) is 23.3 Å². The molecule has 7 heteroatoms. The van der Waals surface area contributed by atoms with Crippen molar-refractivity contribution in [1.29, 1.82) is 0 Å². The van der Waals surface area contributed by atoms with Gasteiger partial charge < -0.3 is 9.88 Å². The van der Waals surface area contributed by atoms with E-state index in [1.165, 1.54) is 10.9 Å². The van der Waals surface area contributed by atoms with Crippen molar-refractivity contribution >= 4 is 11.6 Å². The number of alkyl halides is 3. The van der Waals surface area contributed by atoms with Crippen LogP contribution in [-0.4, -0.2) is 15.5 Å². The van der Waals surface area contributed by atoms with E-state index >= 15 is 0 Å². The van der Waals surface area contributed by atoms with Crippen molar-refractivity contribution in [2.75, 3.05) is 5.32 Å². The summed E-state index contributed by atoms with van der Waals surface area (Å²) in [5, 5.41) is 2.58. The Kier molecular flexibility index (Phi) is 4.54. The Balaban J connectivity index is 2.08. The predicted octanol–water partition coefficient (Wildman–Crippen LogP) is 4.76. The van der Waals surface area contributed by atoms with Gasteiger partial charge in [-0.15, -0.1) is 0 Å². The van der Waals surface area contributed by atoms with E-state index in [1.54, 1.807) is 50.4 Å². The summed E-state index contributed by atoms with van der Waals surface area (Å²) in [7, 11) is 0. The number of benzene rings is 2. The molecule has 1 amide bonds. The molecule has 1 heterocycles. The van der Waals surface area contributed by atoms with E-state index < -0.39 is 17.6 Å². The van der Waals surface area contributed by atoms with E-state index in [4.69, 9.17) is 0 Å². The van der Waals surface area contributed by atoms with Gasteiger partial charge in [-0.3, -0.25) is 4.79 Å². The van der Waals surface area contributed by atoms with Crippen LogP contribution in [0.25, 0.3) is 5.69 Å². The lowest BCUT2D eigenvalue weighted by Gasteiger charge is -2.17. The van der Waals surface area contributed by atoms with E-state index in [1.807, 2.05) is 0 Å². The number of imidazole rings is 1. The number of hydrogen-bond donors (Lipinski definition) is 1. The van der Waals surface area contributed by atoms with Gasteiger partial charge in [-0.1, -0.05) is 18.2 Å². The first-order valence-corrected chi connectivity index (χ1v) is 7.85. The average Bonchev–Trinajstić information content (AvgIpc) is 3.02. The highest BCUT2D eigenvalue weighted by molar-refractivity contribution is 6.04. The zero-order valence-electron chi connectivity index (χ0n) is 14.1. The number of amides is 1. The Hall–Kier alpha value is -3.09. The molecule has 4 nitrogen and oxygen atoms in total. The topological polar surface area (TPSA) is 46.9 Å². The van der Waals surface area contributed by atoms with E-state index in [2.05, 4.69) is 10.3 Å². The zero-order chi connectivity index (χ0) is 18.9. The normalized spacial score (nSPS) is 11.4. The number of hydrogen-bond acceptors (Lipinski definition) is 2. The van der Waals surface area contributed by atoms with Gasteiger partial charge in [0.25, 0.3) is 5.91 Å². The summed E-state index contributed by atoms with van der Waals surface area (Å²) in [5.41, 5.74) is 1.13. The second-order valence-corrected chi connectivity index (χ2v) is 5.91. The van der Waals surface area contributed by atoms with E-state index in [-0.39, 0.29) is 5.69 Å². The van der Waals surface area contributed by atoms with Crippen LogP contribution >= 0.6 is 0 Å².